The number of benzene rings is 1. The Labute approximate surface area is 122 Å². The first-order valence-corrected chi connectivity index (χ1v) is 7.34. The van der Waals surface area contributed by atoms with Crippen LogP contribution in [0.3, 0.4) is 0 Å². The fourth-order valence-corrected chi connectivity index (χ4v) is 2.62. The zero-order valence-electron chi connectivity index (χ0n) is 11.2. The summed E-state index contributed by atoms with van der Waals surface area (Å²) >= 11 is 1.65. The number of aryl methyl sites for hydroxylation is 1. The highest BCUT2D eigenvalue weighted by Crippen LogP contribution is 2.23. The molecule has 0 aliphatic carbocycles. The fourth-order valence-electron chi connectivity index (χ4n) is 1.98. The van der Waals surface area contributed by atoms with Crippen LogP contribution >= 0.6 is 11.3 Å². The predicted molar refractivity (Wildman–Crippen MR) is 83.9 cm³/mol. The number of hydrogen-bond acceptors (Lipinski definition) is 4. The number of pyridine rings is 1. The van der Waals surface area contributed by atoms with E-state index in [1.807, 2.05) is 30.0 Å². The number of hydrogen-bond donors (Lipinski definition) is 1. The number of nitrogens with zero attached hydrogens (tertiary/aromatic N) is 2. The lowest BCUT2D eigenvalue weighted by Crippen LogP contribution is -2.01. The van der Waals surface area contributed by atoms with Gasteiger partial charge in [-0.15, -0.1) is 11.3 Å². The van der Waals surface area contributed by atoms with E-state index in [4.69, 9.17) is 0 Å². The van der Waals surface area contributed by atoms with Crippen LogP contribution in [-0.2, 0) is 6.54 Å². The first kappa shape index (κ1) is 12.8. The topological polar surface area (TPSA) is 37.8 Å². The Morgan fingerprint density at radius 2 is 1.95 bits per heavy atom. The maximum absolute atomic E-state index is 4.31. The molecule has 0 saturated carbocycles. The Morgan fingerprint density at radius 1 is 1.10 bits per heavy atom. The molecule has 1 aromatic carbocycles. The van der Waals surface area contributed by atoms with Gasteiger partial charge < -0.3 is 5.32 Å². The predicted octanol–water partition coefficient (Wildman–Crippen LogP) is 4.13. The van der Waals surface area contributed by atoms with Crippen molar-refractivity contribution >= 4 is 17.0 Å². The molecular weight excluding hydrogens is 266 g/mol. The Balaban J connectivity index is 1.68. The van der Waals surface area contributed by atoms with E-state index in [-0.39, 0.29) is 0 Å². The highest BCUT2D eigenvalue weighted by atomic mass is 32.1. The second-order valence-electron chi connectivity index (χ2n) is 4.57. The zero-order valence-corrected chi connectivity index (χ0v) is 12.0. The van der Waals surface area contributed by atoms with E-state index in [1.54, 1.807) is 11.3 Å². The molecule has 2 aromatic heterocycles. The molecule has 0 bridgehead atoms. The maximum Gasteiger partial charge on any atom is 0.123 e. The second-order valence-corrected chi connectivity index (χ2v) is 5.46. The van der Waals surface area contributed by atoms with Crippen molar-refractivity contribution in [2.45, 2.75) is 13.5 Å². The van der Waals surface area contributed by atoms with Gasteiger partial charge in [-0.2, -0.15) is 0 Å². The third-order valence-corrected chi connectivity index (χ3v) is 4.02. The quantitative estimate of drug-likeness (QED) is 0.781. The Hall–Kier alpha value is -2.20. The molecule has 1 N–H and O–H groups in total. The lowest BCUT2D eigenvalue weighted by atomic mass is 10.1. The zero-order chi connectivity index (χ0) is 13.8. The maximum atomic E-state index is 4.31. The summed E-state index contributed by atoms with van der Waals surface area (Å²) in [6.45, 7) is 2.89. The van der Waals surface area contributed by atoms with E-state index in [1.165, 1.54) is 11.1 Å². The van der Waals surface area contributed by atoms with E-state index in [9.17, 15) is 0 Å². The molecule has 20 heavy (non-hydrogen) atoms. The summed E-state index contributed by atoms with van der Waals surface area (Å²) in [6, 6.07) is 10.4. The van der Waals surface area contributed by atoms with Crippen molar-refractivity contribution in [3.8, 4) is 10.6 Å². The van der Waals surface area contributed by atoms with Gasteiger partial charge in [0.2, 0.25) is 0 Å². The third-order valence-electron chi connectivity index (χ3n) is 3.19. The van der Waals surface area contributed by atoms with Crippen molar-refractivity contribution in [2.24, 2.45) is 0 Å². The van der Waals surface area contributed by atoms with Crippen molar-refractivity contribution in [1.29, 1.82) is 0 Å². The highest BCUT2D eigenvalue weighted by Gasteiger charge is 2.01. The van der Waals surface area contributed by atoms with Gasteiger partial charge in [-0.25, -0.2) is 4.98 Å². The van der Waals surface area contributed by atoms with Crippen LogP contribution in [0.15, 0.2) is 54.3 Å². The van der Waals surface area contributed by atoms with Crippen molar-refractivity contribution in [3.63, 3.8) is 0 Å². The van der Waals surface area contributed by atoms with Crippen LogP contribution in [0.5, 0.6) is 0 Å². The molecule has 0 aliphatic rings. The van der Waals surface area contributed by atoms with E-state index in [0.717, 1.165) is 22.8 Å². The molecule has 0 atom stereocenters. The lowest BCUT2D eigenvalue weighted by molar-refractivity contribution is 1.08. The van der Waals surface area contributed by atoms with E-state index in [2.05, 4.69) is 46.5 Å². The van der Waals surface area contributed by atoms with Crippen LogP contribution in [-0.4, -0.2) is 9.97 Å². The normalized spacial score (nSPS) is 10.4. The van der Waals surface area contributed by atoms with Gasteiger partial charge in [0.1, 0.15) is 5.01 Å². The molecule has 3 rings (SSSR count). The number of rotatable bonds is 4. The van der Waals surface area contributed by atoms with Crippen LogP contribution in [0.4, 0.5) is 5.69 Å². The van der Waals surface area contributed by atoms with Crippen molar-refractivity contribution in [2.75, 3.05) is 5.32 Å². The van der Waals surface area contributed by atoms with Crippen molar-refractivity contribution in [1.82, 2.24) is 9.97 Å². The van der Waals surface area contributed by atoms with E-state index >= 15 is 0 Å². The Morgan fingerprint density at radius 3 is 2.65 bits per heavy atom. The molecule has 0 saturated heterocycles. The van der Waals surface area contributed by atoms with Crippen LogP contribution in [0.1, 0.15) is 11.1 Å². The summed E-state index contributed by atoms with van der Waals surface area (Å²) < 4.78 is 0. The summed E-state index contributed by atoms with van der Waals surface area (Å²) in [5, 5.41) is 6.47. The smallest absolute Gasteiger partial charge is 0.123 e. The third kappa shape index (κ3) is 2.86. The van der Waals surface area contributed by atoms with Gasteiger partial charge in [0.25, 0.3) is 0 Å². The molecule has 0 fully saturated rings. The minimum Gasteiger partial charge on any atom is -0.381 e. The van der Waals surface area contributed by atoms with E-state index < -0.39 is 0 Å². The number of anilines is 1. The largest absolute Gasteiger partial charge is 0.381 e. The first-order chi connectivity index (χ1) is 9.83. The number of thiazole rings is 1. The number of aromatic nitrogens is 2. The minimum atomic E-state index is 0.788. The summed E-state index contributed by atoms with van der Waals surface area (Å²) in [5.74, 6) is 0. The van der Waals surface area contributed by atoms with Gasteiger partial charge >= 0.3 is 0 Å². The molecule has 3 aromatic rings. The van der Waals surface area contributed by atoms with Gasteiger partial charge in [-0.1, -0.05) is 0 Å². The van der Waals surface area contributed by atoms with E-state index in [0.29, 0.717) is 0 Å². The van der Waals surface area contributed by atoms with Crippen LogP contribution < -0.4 is 5.32 Å². The van der Waals surface area contributed by atoms with Crippen LogP contribution in [0, 0.1) is 6.92 Å². The van der Waals surface area contributed by atoms with Gasteiger partial charge in [0.15, 0.2) is 0 Å². The Kier molecular flexibility index (Phi) is 3.74. The van der Waals surface area contributed by atoms with Crippen LogP contribution in [0.25, 0.3) is 10.6 Å². The molecular formula is C16H15N3S. The van der Waals surface area contributed by atoms with Gasteiger partial charge in [0.05, 0.1) is 0 Å². The molecule has 0 spiro atoms. The summed E-state index contributed by atoms with van der Waals surface area (Å²) in [5.41, 5.74) is 4.74. The standard InChI is InChI=1S/C16H15N3S/c1-12-6-7-17-10-14(12)11-19-15-4-2-13(3-5-15)16-18-8-9-20-16/h2-10,19H,11H2,1H3. The molecule has 4 heteroatoms. The lowest BCUT2D eigenvalue weighted by Gasteiger charge is -2.08. The molecule has 0 aliphatic heterocycles. The summed E-state index contributed by atoms with van der Waals surface area (Å²) in [4.78, 5) is 8.47. The van der Waals surface area contributed by atoms with Crippen molar-refractivity contribution in [3.05, 3.63) is 65.4 Å². The average molecular weight is 281 g/mol. The van der Waals surface area contributed by atoms with Gasteiger partial charge in [-0.3, -0.25) is 4.98 Å². The summed E-state index contributed by atoms with van der Waals surface area (Å²) in [6.07, 6.45) is 5.56. The van der Waals surface area contributed by atoms with Crippen molar-refractivity contribution < 1.29 is 0 Å². The molecule has 3 nitrogen and oxygen atoms in total. The highest BCUT2D eigenvalue weighted by molar-refractivity contribution is 7.13. The molecule has 100 valence electrons. The van der Waals surface area contributed by atoms with Gasteiger partial charge in [-0.05, 0) is 48.4 Å². The fraction of sp³-hybridized carbons (Fsp3) is 0.125. The summed E-state index contributed by atoms with van der Waals surface area (Å²) in [7, 11) is 0. The molecule has 0 radical (unpaired) electrons. The molecule has 0 amide bonds. The SMILES string of the molecule is Cc1ccncc1CNc1ccc(-c2nccs2)cc1. The Bertz CT molecular complexity index is 675. The minimum absolute atomic E-state index is 0.788. The monoisotopic (exact) mass is 281 g/mol. The van der Waals surface area contributed by atoms with Gasteiger partial charge in [0, 0.05) is 41.8 Å². The second kappa shape index (κ2) is 5.84. The molecule has 2 heterocycles. The average Bonchev–Trinajstić information content (AvgIpc) is 3.01. The van der Waals surface area contributed by atoms with Crippen LogP contribution in [0.2, 0.25) is 0 Å². The first-order valence-electron chi connectivity index (χ1n) is 6.46. The number of nitrogens with one attached hydrogen (secondary N) is 1. The molecule has 0 unspecified atom stereocenters.